The molecule has 1 N–H and O–H groups in total. The van der Waals surface area contributed by atoms with Gasteiger partial charge in [-0.3, -0.25) is 9.48 Å². The maximum atomic E-state index is 12.9. The Morgan fingerprint density at radius 3 is 2.57 bits per heavy atom. The van der Waals surface area contributed by atoms with Crippen molar-refractivity contribution in [2.45, 2.75) is 33.0 Å². The van der Waals surface area contributed by atoms with Gasteiger partial charge in [-0.15, -0.1) is 0 Å². The number of anilines is 1. The van der Waals surface area contributed by atoms with Gasteiger partial charge in [0.2, 0.25) is 5.91 Å². The molecule has 9 heteroatoms. The molecule has 0 radical (unpaired) electrons. The lowest BCUT2D eigenvalue weighted by atomic mass is 10.2. The molecule has 1 unspecified atom stereocenters. The molecule has 2 rings (SSSR count). The zero-order valence-corrected chi connectivity index (χ0v) is 14.2. The average Bonchev–Trinajstić information content (AvgIpc) is 2.74. The van der Waals surface area contributed by atoms with Crippen LogP contribution in [0.3, 0.4) is 0 Å². The van der Waals surface area contributed by atoms with E-state index in [1.165, 1.54) is 20.0 Å². The highest BCUT2D eigenvalue weighted by Crippen LogP contribution is 2.36. The number of carbonyl (C=O) groups is 1. The molecule has 0 aliphatic carbocycles. The average molecular weight is 391 g/mol. The number of halogens is 4. The normalized spacial score (nSPS) is 13.0. The Hall–Kier alpha value is -1.90. The Kier molecular flexibility index (Phi) is 4.79. The van der Waals surface area contributed by atoms with Gasteiger partial charge in [0, 0.05) is 6.20 Å². The smallest absolute Gasteiger partial charge is 0.309 e. The van der Waals surface area contributed by atoms with E-state index in [0.29, 0.717) is 5.82 Å². The van der Waals surface area contributed by atoms with Gasteiger partial charge in [0.05, 0.1) is 10.2 Å². The Labute approximate surface area is 139 Å². The molecule has 0 saturated heterocycles. The fourth-order valence-electron chi connectivity index (χ4n) is 2.00. The summed E-state index contributed by atoms with van der Waals surface area (Å²) in [6.07, 6.45) is -3.06. The summed E-state index contributed by atoms with van der Waals surface area (Å²) in [5.74, 6) is -0.170. The molecule has 0 saturated carbocycles. The van der Waals surface area contributed by atoms with Crippen molar-refractivity contribution in [3.8, 4) is 0 Å². The molecule has 1 atom stereocenters. The van der Waals surface area contributed by atoms with Crippen molar-refractivity contribution >= 4 is 27.7 Å². The molecule has 0 aliphatic rings. The summed E-state index contributed by atoms with van der Waals surface area (Å²) < 4.78 is 39.5. The maximum absolute atomic E-state index is 12.9. The number of alkyl halides is 3. The quantitative estimate of drug-likeness (QED) is 0.864. The second-order valence-electron chi connectivity index (χ2n) is 5.07. The number of nitrogens with one attached hydrogen (secondary N) is 1. The van der Waals surface area contributed by atoms with Crippen molar-refractivity contribution in [1.82, 2.24) is 14.8 Å². The van der Waals surface area contributed by atoms with Crippen LogP contribution >= 0.6 is 15.9 Å². The molecule has 0 spiro atoms. The highest BCUT2D eigenvalue weighted by molar-refractivity contribution is 9.10. The molecule has 0 aliphatic heterocycles. The number of aromatic nitrogens is 3. The van der Waals surface area contributed by atoms with Gasteiger partial charge in [-0.1, -0.05) is 0 Å². The summed E-state index contributed by atoms with van der Waals surface area (Å²) in [6.45, 7) is 4.77. The lowest BCUT2D eigenvalue weighted by Crippen LogP contribution is -2.26. The predicted octanol–water partition coefficient (Wildman–Crippen LogP) is 3.88. The van der Waals surface area contributed by atoms with E-state index in [0.717, 1.165) is 10.2 Å². The summed E-state index contributed by atoms with van der Waals surface area (Å²) in [5, 5.41) is 6.09. The van der Waals surface area contributed by atoms with Crippen LogP contribution in [0.25, 0.3) is 0 Å². The molecule has 0 fully saturated rings. The van der Waals surface area contributed by atoms with E-state index in [1.54, 1.807) is 12.1 Å². The third-order valence-corrected chi connectivity index (χ3v) is 4.21. The molecule has 23 heavy (non-hydrogen) atoms. The number of pyridine rings is 1. The summed E-state index contributed by atoms with van der Waals surface area (Å²) >= 11 is 2.88. The number of aryl methyl sites for hydroxylation is 1. The minimum absolute atomic E-state index is 0.168. The van der Waals surface area contributed by atoms with Gasteiger partial charge >= 0.3 is 6.18 Å². The van der Waals surface area contributed by atoms with Crippen LogP contribution in [-0.2, 0) is 11.0 Å². The first-order valence-electron chi connectivity index (χ1n) is 6.66. The molecule has 2 aromatic heterocycles. The minimum atomic E-state index is -4.59. The predicted molar refractivity (Wildman–Crippen MR) is 82.0 cm³/mol. The van der Waals surface area contributed by atoms with Crippen LogP contribution in [0.4, 0.5) is 19.0 Å². The first-order chi connectivity index (χ1) is 10.6. The van der Waals surface area contributed by atoms with Crippen molar-refractivity contribution in [2.75, 3.05) is 5.32 Å². The third kappa shape index (κ3) is 3.72. The van der Waals surface area contributed by atoms with E-state index in [-0.39, 0.29) is 10.2 Å². The van der Waals surface area contributed by atoms with Crippen molar-refractivity contribution < 1.29 is 18.0 Å². The zero-order valence-electron chi connectivity index (χ0n) is 12.6. The third-order valence-electron chi connectivity index (χ3n) is 3.26. The molecule has 0 aromatic carbocycles. The van der Waals surface area contributed by atoms with Crippen molar-refractivity contribution in [2.24, 2.45) is 0 Å². The molecule has 124 valence electrons. The van der Waals surface area contributed by atoms with E-state index in [1.807, 2.05) is 6.92 Å². The van der Waals surface area contributed by atoms with Crippen molar-refractivity contribution in [3.63, 3.8) is 0 Å². The Morgan fingerprint density at radius 2 is 2.04 bits per heavy atom. The standard InChI is InChI=1S/C14H14BrF3N4O/c1-7-4-5-19-10(6-7)20-13(23)9(3)22-8(2)11(15)12(21-22)14(16,17)18/h4-6,9H,1-3H3,(H,19,20,23). The molecular weight excluding hydrogens is 377 g/mol. The van der Waals surface area contributed by atoms with Crippen LogP contribution in [0.15, 0.2) is 22.8 Å². The zero-order chi connectivity index (χ0) is 17.4. The minimum Gasteiger partial charge on any atom is -0.309 e. The summed E-state index contributed by atoms with van der Waals surface area (Å²) in [6, 6.07) is 2.51. The van der Waals surface area contributed by atoms with Crippen molar-refractivity contribution in [3.05, 3.63) is 39.8 Å². The summed E-state index contributed by atoms with van der Waals surface area (Å²) in [4.78, 5) is 16.2. The van der Waals surface area contributed by atoms with Crippen LogP contribution in [0.1, 0.15) is 29.9 Å². The Bertz CT molecular complexity index is 742. The van der Waals surface area contributed by atoms with Crippen LogP contribution < -0.4 is 5.32 Å². The number of rotatable bonds is 3. The van der Waals surface area contributed by atoms with Gasteiger partial charge in [0.1, 0.15) is 11.9 Å². The highest BCUT2D eigenvalue weighted by atomic mass is 79.9. The van der Waals surface area contributed by atoms with Gasteiger partial charge in [-0.25, -0.2) is 4.98 Å². The van der Waals surface area contributed by atoms with E-state index in [4.69, 9.17) is 0 Å². The molecule has 2 aromatic rings. The number of amides is 1. The maximum Gasteiger partial charge on any atom is 0.436 e. The van der Waals surface area contributed by atoms with Gasteiger partial charge in [-0.2, -0.15) is 18.3 Å². The van der Waals surface area contributed by atoms with Crippen LogP contribution in [0.5, 0.6) is 0 Å². The number of carbonyl (C=O) groups excluding carboxylic acids is 1. The molecule has 5 nitrogen and oxygen atoms in total. The van der Waals surface area contributed by atoms with Gasteiger partial charge in [0.15, 0.2) is 5.69 Å². The van der Waals surface area contributed by atoms with E-state index in [9.17, 15) is 18.0 Å². The van der Waals surface area contributed by atoms with Crippen molar-refractivity contribution in [1.29, 1.82) is 0 Å². The fraction of sp³-hybridized carbons (Fsp3) is 0.357. The fourth-order valence-corrected chi connectivity index (χ4v) is 2.49. The first-order valence-corrected chi connectivity index (χ1v) is 7.46. The number of hydrogen-bond acceptors (Lipinski definition) is 3. The highest BCUT2D eigenvalue weighted by Gasteiger charge is 2.38. The second-order valence-corrected chi connectivity index (χ2v) is 5.87. The second kappa shape index (κ2) is 6.31. The Morgan fingerprint density at radius 1 is 1.39 bits per heavy atom. The first kappa shape index (κ1) is 17.5. The monoisotopic (exact) mass is 390 g/mol. The molecule has 1 amide bonds. The van der Waals surface area contributed by atoms with Crippen LogP contribution in [-0.4, -0.2) is 20.7 Å². The lowest BCUT2D eigenvalue weighted by Gasteiger charge is -2.14. The van der Waals surface area contributed by atoms with Gasteiger partial charge in [0.25, 0.3) is 0 Å². The lowest BCUT2D eigenvalue weighted by molar-refractivity contribution is -0.142. The number of hydrogen-bond donors (Lipinski definition) is 1. The topological polar surface area (TPSA) is 59.8 Å². The Balaban J connectivity index is 2.26. The van der Waals surface area contributed by atoms with E-state index in [2.05, 4.69) is 31.3 Å². The van der Waals surface area contributed by atoms with E-state index >= 15 is 0 Å². The molecule has 0 bridgehead atoms. The largest absolute Gasteiger partial charge is 0.436 e. The van der Waals surface area contributed by atoms with Gasteiger partial charge in [-0.05, 0) is 54.4 Å². The SMILES string of the molecule is Cc1ccnc(NC(=O)C(C)n2nc(C(F)(F)F)c(Br)c2C)c1. The van der Waals surface area contributed by atoms with Crippen LogP contribution in [0, 0.1) is 13.8 Å². The summed E-state index contributed by atoms with van der Waals surface area (Å²) in [7, 11) is 0. The van der Waals surface area contributed by atoms with E-state index < -0.39 is 23.8 Å². The summed E-state index contributed by atoms with van der Waals surface area (Å²) in [5.41, 5.74) is 0.0702. The van der Waals surface area contributed by atoms with Crippen LogP contribution in [0.2, 0.25) is 0 Å². The molecule has 2 heterocycles. The molecular formula is C14H14BrF3N4O. The number of nitrogens with zero attached hydrogens (tertiary/aromatic N) is 3. The van der Waals surface area contributed by atoms with Gasteiger partial charge < -0.3 is 5.32 Å².